The summed E-state index contributed by atoms with van der Waals surface area (Å²) >= 11 is 0. The number of anilines is 1. The molecule has 2 rings (SSSR count). The summed E-state index contributed by atoms with van der Waals surface area (Å²) in [6.45, 7) is 8.13. The van der Waals surface area contributed by atoms with E-state index in [-0.39, 0.29) is 12.1 Å². The molecule has 0 bridgehead atoms. The average Bonchev–Trinajstić information content (AvgIpc) is 2.38. The Morgan fingerprint density at radius 2 is 1.71 bits per heavy atom. The quantitative estimate of drug-likeness (QED) is 0.855. The van der Waals surface area contributed by atoms with Crippen LogP contribution >= 0.6 is 0 Å². The number of aryl methyl sites for hydroxylation is 3. The topological polar surface area (TPSA) is 41.1 Å². The first-order valence-corrected chi connectivity index (χ1v) is 7.17. The van der Waals surface area contributed by atoms with E-state index in [4.69, 9.17) is 0 Å². The highest BCUT2D eigenvalue weighted by atomic mass is 16.2. The van der Waals surface area contributed by atoms with Gasteiger partial charge in [-0.3, -0.25) is 0 Å². The van der Waals surface area contributed by atoms with E-state index < -0.39 is 0 Å². The molecule has 0 unspecified atom stereocenters. The number of benzene rings is 2. The first-order chi connectivity index (χ1) is 9.95. The lowest BCUT2D eigenvalue weighted by Crippen LogP contribution is -2.31. The van der Waals surface area contributed by atoms with Crippen LogP contribution < -0.4 is 10.6 Å². The molecule has 0 heterocycles. The van der Waals surface area contributed by atoms with Crippen LogP contribution in [0.3, 0.4) is 0 Å². The summed E-state index contributed by atoms with van der Waals surface area (Å²) in [7, 11) is 0. The predicted molar refractivity (Wildman–Crippen MR) is 87.7 cm³/mol. The van der Waals surface area contributed by atoms with Crippen LogP contribution in [0.15, 0.2) is 42.5 Å². The Hall–Kier alpha value is -2.29. The zero-order chi connectivity index (χ0) is 15.4. The van der Waals surface area contributed by atoms with Crippen molar-refractivity contribution in [1.29, 1.82) is 0 Å². The Labute approximate surface area is 126 Å². The van der Waals surface area contributed by atoms with Gasteiger partial charge in [0.15, 0.2) is 0 Å². The van der Waals surface area contributed by atoms with Crippen LogP contribution in [0.1, 0.15) is 35.2 Å². The van der Waals surface area contributed by atoms with E-state index in [1.54, 1.807) is 0 Å². The molecule has 2 aromatic rings. The number of urea groups is 1. The molecule has 0 aliphatic carbocycles. The Bertz CT molecular complexity index is 649. The molecule has 0 saturated heterocycles. The minimum absolute atomic E-state index is 0.0320. The molecule has 2 aromatic carbocycles. The Morgan fingerprint density at radius 1 is 1.00 bits per heavy atom. The number of rotatable bonds is 3. The Balaban J connectivity index is 2.02. The molecule has 2 amide bonds. The molecule has 0 spiro atoms. The summed E-state index contributed by atoms with van der Waals surface area (Å²) in [5, 5.41) is 5.84. The fourth-order valence-electron chi connectivity index (χ4n) is 2.48. The van der Waals surface area contributed by atoms with Crippen LogP contribution in [0.5, 0.6) is 0 Å². The lowest BCUT2D eigenvalue weighted by molar-refractivity contribution is 0.249. The molecule has 110 valence electrons. The van der Waals surface area contributed by atoms with Gasteiger partial charge < -0.3 is 10.6 Å². The monoisotopic (exact) mass is 282 g/mol. The van der Waals surface area contributed by atoms with Gasteiger partial charge in [0.1, 0.15) is 0 Å². The van der Waals surface area contributed by atoms with Crippen molar-refractivity contribution in [3.05, 3.63) is 64.7 Å². The van der Waals surface area contributed by atoms with E-state index in [9.17, 15) is 4.79 Å². The number of hydrogen-bond acceptors (Lipinski definition) is 1. The summed E-state index contributed by atoms with van der Waals surface area (Å²) in [4.78, 5) is 12.1. The highest BCUT2D eigenvalue weighted by molar-refractivity contribution is 5.89. The fourth-order valence-corrected chi connectivity index (χ4v) is 2.48. The van der Waals surface area contributed by atoms with Gasteiger partial charge >= 0.3 is 6.03 Å². The van der Waals surface area contributed by atoms with Gasteiger partial charge in [-0.05, 0) is 56.5 Å². The van der Waals surface area contributed by atoms with Crippen LogP contribution in [0.4, 0.5) is 10.5 Å². The predicted octanol–water partition coefficient (Wildman–Crippen LogP) is 4.49. The first-order valence-electron chi connectivity index (χ1n) is 7.17. The van der Waals surface area contributed by atoms with Crippen molar-refractivity contribution < 1.29 is 4.79 Å². The van der Waals surface area contributed by atoms with Crippen LogP contribution in [0.2, 0.25) is 0 Å². The lowest BCUT2D eigenvalue weighted by Gasteiger charge is -2.17. The number of hydrogen-bond donors (Lipinski definition) is 2. The number of carbonyl (C=O) groups is 1. The molecule has 0 fully saturated rings. The molecule has 1 atom stereocenters. The smallest absolute Gasteiger partial charge is 0.319 e. The summed E-state index contributed by atoms with van der Waals surface area (Å²) in [6, 6.07) is 13.8. The summed E-state index contributed by atoms with van der Waals surface area (Å²) in [5.41, 5.74) is 5.49. The third kappa shape index (κ3) is 4.09. The third-order valence-corrected chi connectivity index (χ3v) is 3.52. The standard InChI is InChI=1S/C18H22N2O/c1-12-6-5-7-16(11-12)20-18(21)19-15(4)17-9-8-13(2)10-14(17)3/h5-11,15H,1-4H3,(H2,19,20,21)/t15-/m1/s1. The number of amides is 2. The second-order valence-electron chi connectivity index (χ2n) is 5.55. The lowest BCUT2D eigenvalue weighted by atomic mass is 10.0. The molecular weight excluding hydrogens is 260 g/mol. The van der Waals surface area contributed by atoms with E-state index >= 15 is 0 Å². The molecule has 0 aliphatic heterocycles. The van der Waals surface area contributed by atoms with Crippen molar-refractivity contribution in [2.75, 3.05) is 5.32 Å². The van der Waals surface area contributed by atoms with E-state index in [0.29, 0.717) is 0 Å². The fraction of sp³-hybridized carbons (Fsp3) is 0.278. The van der Waals surface area contributed by atoms with Crippen molar-refractivity contribution in [3.63, 3.8) is 0 Å². The highest BCUT2D eigenvalue weighted by Gasteiger charge is 2.11. The maximum Gasteiger partial charge on any atom is 0.319 e. The first kappa shape index (κ1) is 15.1. The second kappa shape index (κ2) is 6.44. The largest absolute Gasteiger partial charge is 0.331 e. The van der Waals surface area contributed by atoms with Crippen LogP contribution in [0.25, 0.3) is 0 Å². The zero-order valence-corrected chi connectivity index (χ0v) is 13.0. The van der Waals surface area contributed by atoms with Crippen molar-refractivity contribution in [2.45, 2.75) is 33.7 Å². The zero-order valence-electron chi connectivity index (χ0n) is 13.0. The molecule has 2 N–H and O–H groups in total. The minimum atomic E-state index is -0.187. The SMILES string of the molecule is Cc1cccc(NC(=O)N[C@H](C)c2ccc(C)cc2C)c1. The molecule has 0 radical (unpaired) electrons. The van der Waals surface area contributed by atoms with Gasteiger partial charge in [-0.25, -0.2) is 4.79 Å². The van der Waals surface area contributed by atoms with Crippen molar-refractivity contribution in [2.24, 2.45) is 0 Å². The molecule has 3 nitrogen and oxygen atoms in total. The summed E-state index contributed by atoms with van der Waals surface area (Å²) in [6.07, 6.45) is 0. The minimum Gasteiger partial charge on any atom is -0.331 e. The maximum absolute atomic E-state index is 12.1. The van der Waals surface area contributed by atoms with Gasteiger partial charge in [-0.2, -0.15) is 0 Å². The van der Waals surface area contributed by atoms with Crippen molar-refractivity contribution >= 4 is 11.7 Å². The summed E-state index contributed by atoms with van der Waals surface area (Å²) < 4.78 is 0. The van der Waals surface area contributed by atoms with Crippen LogP contribution in [0, 0.1) is 20.8 Å². The maximum atomic E-state index is 12.1. The Morgan fingerprint density at radius 3 is 2.38 bits per heavy atom. The molecule has 3 heteroatoms. The molecule has 0 aromatic heterocycles. The van der Waals surface area contributed by atoms with Gasteiger partial charge in [0.2, 0.25) is 0 Å². The molecule has 0 saturated carbocycles. The van der Waals surface area contributed by atoms with Gasteiger partial charge in [-0.15, -0.1) is 0 Å². The van der Waals surface area contributed by atoms with Gasteiger partial charge in [-0.1, -0.05) is 35.9 Å². The Kier molecular flexibility index (Phi) is 4.63. The van der Waals surface area contributed by atoms with Crippen molar-refractivity contribution in [1.82, 2.24) is 5.32 Å². The molecular formula is C18H22N2O. The average molecular weight is 282 g/mol. The van der Waals surface area contributed by atoms with E-state index in [2.05, 4.69) is 42.7 Å². The summed E-state index contributed by atoms with van der Waals surface area (Å²) in [5.74, 6) is 0. The van der Waals surface area contributed by atoms with E-state index in [1.165, 1.54) is 11.1 Å². The molecule has 21 heavy (non-hydrogen) atoms. The van der Waals surface area contributed by atoms with Crippen LogP contribution in [-0.2, 0) is 0 Å². The van der Waals surface area contributed by atoms with Crippen LogP contribution in [-0.4, -0.2) is 6.03 Å². The van der Waals surface area contributed by atoms with E-state index in [1.807, 2.05) is 38.1 Å². The van der Waals surface area contributed by atoms with Gasteiger partial charge in [0.25, 0.3) is 0 Å². The number of carbonyl (C=O) groups excluding carboxylic acids is 1. The third-order valence-electron chi connectivity index (χ3n) is 3.52. The highest BCUT2D eigenvalue weighted by Crippen LogP contribution is 2.19. The second-order valence-corrected chi connectivity index (χ2v) is 5.55. The number of nitrogens with one attached hydrogen (secondary N) is 2. The molecule has 0 aliphatic rings. The van der Waals surface area contributed by atoms with Crippen molar-refractivity contribution in [3.8, 4) is 0 Å². The van der Waals surface area contributed by atoms with Gasteiger partial charge in [0, 0.05) is 5.69 Å². The van der Waals surface area contributed by atoms with Gasteiger partial charge in [0.05, 0.1) is 6.04 Å². The normalized spacial score (nSPS) is 11.8. The van der Waals surface area contributed by atoms with E-state index in [0.717, 1.165) is 16.8 Å².